The first-order chi connectivity index (χ1) is 12.1. The maximum atomic E-state index is 12.2. The molecule has 2 aromatic heterocycles. The zero-order chi connectivity index (χ0) is 17.8. The first kappa shape index (κ1) is 16.7. The average Bonchev–Trinajstić information content (AvgIpc) is 3.01. The molecule has 0 radical (unpaired) electrons. The number of nitrogens with zero attached hydrogens (tertiary/aromatic N) is 4. The van der Waals surface area contributed by atoms with Gasteiger partial charge in [0.2, 0.25) is 0 Å². The number of anilines is 2. The van der Waals surface area contributed by atoms with Gasteiger partial charge in [0.15, 0.2) is 0 Å². The number of methoxy groups -OCH3 is 1. The number of carbonyl (C=O) groups excluding carboxylic acids is 1. The van der Waals surface area contributed by atoms with Crippen molar-refractivity contribution >= 4 is 29.1 Å². The summed E-state index contributed by atoms with van der Waals surface area (Å²) in [6.45, 7) is 1.85. The molecule has 0 atom stereocenters. The Morgan fingerprint density at radius 3 is 2.76 bits per heavy atom. The summed E-state index contributed by atoms with van der Waals surface area (Å²) in [7, 11) is 1.51. The molecule has 1 aromatic carbocycles. The third kappa shape index (κ3) is 3.86. The van der Waals surface area contributed by atoms with E-state index in [0.717, 1.165) is 5.82 Å². The first-order valence-corrected chi connectivity index (χ1v) is 7.68. The highest BCUT2D eigenvalue weighted by Crippen LogP contribution is 2.27. The molecule has 0 saturated carbocycles. The lowest BCUT2D eigenvalue weighted by Gasteiger charge is -2.11. The second-order valence-electron chi connectivity index (χ2n) is 5.03. The van der Waals surface area contributed by atoms with Gasteiger partial charge in [0.25, 0.3) is 0 Å². The van der Waals surface area contributed by atoms with Gasteiger partial charge in [-0.3, -0.25) is 9.88 Å². The van der Waals surface area contributed by atoms with Gasteiger partial charge in [0, 0.05) is 23.5 Å². The van der Waals surface area contributed by atoms with Crippen molar-refractivity contribution in [2.24, 2.45) is 0 Å². The second kappa shape index (κ2) is 7.18. The zero-order valence-electron chi connectivity index (χ0n) is 13.5. The van der Waals surface area contributed by atoms with Crippen LogP contribution in [0.25, 0.3) is 5.82 Å². The molecule has 2 heterocycles. The Morgan fingerprint density at radius 2 is 2.04 bits per heavy atom. The fraction of sp³-hybridized carbons (Fsp3) is 0.125. The van der Waals surface area contributed by atoms with Crippen LogP contribution in [0.1, 0.15) is 5.82 Å². The molecule has 3 rings (SSSR count). The van der Waals surface area contributed by atoms with Crippen LogP contribution in [0.3, 0.4) is 0 Å². The fourth-order valence-electron chi connectivity index (χ4n) is 2.21. The van der Waals surface area contributed by atoms with E-state index in [0.29, 0.717) is 28.1 Å². The van der Waals surface area contributed by atoms with Crippen LogP contribution in [-0.4, -0.2) is 32.7 Å². The number of aromatic nitrogens is 4. The summed E-state index contributed by atoms with van der Waals surface area (Å²) in [4.78, 5) is 24.6. The van der Waals surface area contributed by atoms with Gasteiger partial charge in [-0.25, -0.2) is 19.7 Å². The SMILES string of the molecule is COc1ccc(Cl)cc1NC(=O)Nc1cc(-n2ccnc2C)ncn1. The van der Waals surface area contributed by atoms with Crippen LogP contribution in [0.2, 0.25) is 5.02 Å². The molecule has 9 heteroatoms. The number of urea groups is 1. The molecule has 2 N–H and O–H groups in total. The summed E-state index contributed by atoms with van der Waals surface area (Å²) in [5.41, 5.74) is 0.451. The van der Waals surface area contributed by atoms with Crippen LogP contribution in [0, 0.1) is 6.92 Å². The Morgan fingerprint density at radius 1 is 1.20 bits per heavy atom. The molecule has 0 aliphatic heterocycles. The molecule has 128 valence electrons. The molecule has 0 unspecified atom stereocenters. The predicted octanol–water partition coefficient (Wildman–Crippen LogP) is 3.28. The molecule has 8 nitrogen and oxygen atoms in total. The van der Waals surface area contributed by atoms with Crippen molar-refractivity contribution in [1.29, 1.82) is 0 Å². The van der Waals surface area contributed by atoms with E-state index in [9.17, 15) is 4.79 Å². The highest BCUT2D eigenvalue weighted by atomic mass is 35.5. The van der Waals surface area contributed by atoms with Crippen molar-refractivity contribution in [2.45, 2.75) is 6.92 Å². The minimum atomic E-state index is -0.479. The number of amides is 2. The molecule has 0 spiro atoms. The van der Waals surface area contributed by atoms with Gasteiger partial charge in [-0.15, -0.1) is 0 Å². The van der Waals surface area contributed by atoms with Gasteiger partial charge in [-0.2, -0.15) is 0 Å². The molecule has 2 amide bonds. The average molecular weight is 359 g/mol. The van der Waals surface area contributed by atoms with Gasteiger partial charge in [-0.1, -0.05) is 11.6 Å². The maximum Gasteiger partial charge on any atom is 0.324 e. The predicted molar refractivity (Wildman–Crippen MR) is 94.5 cm³/mol. The lowest BCUT2D eigenvalue weighted by molar-refractivity contribution is 0.262. The monoisotopic (exact) mass is 358 g/mol. The van der Waals surface area contributed by atoms with Crippen molar-refractivity contribution in [3.8, 4) is 11.6 Å². The van der Waals surface area contributed by atoms with Gasteiger partial charge < -0.3 is 10.1 Å². The molecule has 0 bridgehead atoms. The van der Waals surface area contributed by atoms with Crippen LogP contribution >= 0.6 is 11.6 Å². The molecule has 3 aromatic rings. The Labute approximate surface area is 148 Å². The third-order valence-electron chi connectivity index (χ3n) is 3.38. The number of carbonyl (C=O) groups is 1. The summed E-state index contributed by atoms with van der Waals surface area (Å²) in [6.07, 6.45) is 4.81. The molecule has 0 fully saturated rings. The number of rotatable bonds is 4. The fourth-order valence-corrected chi connectivity index (χ4v) is 2.39. The first-order valence-electron chi connectivity index (χ1n) is 7.31. The summed E-state index contributed by atoms with van der Waals surface area (Å²) in [6, 6.07) is 6.10. The van der Waals surface area contributed by atoms with Crippen molar-refractivity contribution in [3.05, 3.63) is 53.8 Å². The van der Waals surface area contributed by atoms with E-state index in [-0.39, 0.29) is 0 Å². The van der Waals surface area contributed by atoms with E-state index in [1.54, 1.807) is 41.2 Å². The normalized spacial score (nSPS) is 10.4. The molecular weight excluding hydrogens is 344 g/mol. The Bertz CT molecular complexity index is 911. The van der Waals surface area contributed by atoms with E-state index in [1.807, 2.05) is 6.92 Å². The van der Waals surface area contributed by atoms with Crippen molar-refractivity contribution in [1.82, 2.24) is 19.5 Å². The Kier molecular flexibility index (Phi) is 4.80. The van der Waals surface area contributed by atoms with E-state index in [1.165, 1.54) is 13.4 Å². The quantitative estimate of drug-likeness (QED) is 0.746. The minimum absolute atomic E-state index is 0.344. The van der Waals surface area contributed by atoms with Crippen LogP contribution in [0.15, 0.2) is 43.0 Å². The van der Waals surface area contributed by atoms with Crippen LogP contribution in [0.5, 0.6) is 5.75 Å². The largest absolute Gasteiger partial charge is 0.495 e. The number of ether oxygens (including phenoxy) is 1. The molecular formula is C16H15ClN6O2. The highest BCUT2D eigenvalue weighted by molar-refractivity contribution is 6.31. The van der Waals surface area contributed by atoms with Crippen LogP contribution < -0.4 is 15.4 Å². The molecule has 0 aliphatic rings. The Balaban J connectivity index is 1.76. The summed E-state index contributed by atoms with van der Waals surface area (Å²) >= 11 is 5.95. The van der Waals surface area contributed by atoms with E-state index in [4.69, 9.17) is 16.3 Å². The third-order valence-corrected chi connectivity index (χ3v) is 3.61. The van der Waals surface area contributed by atoms with Gasteiger partial charge in [0.05, 0.1) is 12.8 Å². The number of imidazole rings is 1. The van der Waals surface area contributed by atoms with Gasteiger partial charge in [0.1, 0.15) is 29.5 Å². The number of hydrogen-bond acceptors (Lipinski definition) is 5. The number of hydrogen-bond donors (Lipinski definition) is 2. The number of halogens is 1. The maximum absolute atomic E-state index is 12.2. The summed E-state index contributed by atoms with van der Waals surface area (Å²) in [5.74, 6) is 2.21. The molecule has 0 aliphatic carbocycles. The highest BCUT2D eigenvalue weighted by Gasteiger charge is 2.10. The lowest BCUT2D eigenvalue weighted by atomic mass is 10.3. The topological polar surface area (TPSA) is 94.0 Å². The van der Waals surface area contributed by atoms with E-state index in [2.05, 4.69) is 25.6 Å². The van der Waals surface area contributed by atoms with Crippen molar-refractivity contribution < 1.29 is 9.53 Å². The smallest absolute Gasteiger partial charge is 0.324 e. The van der Waals surface area contributed by atoms with Crippen molar-refractivity contribution in [2.75, 3.05) is 17.7 Å². The second-order valence-corrected chi connectivity index (χ2v) is 5.47. The van der Waals surface area contributed by atoms with E-state index >= 15 is 0 Å². The Hall–Kier alpha value is -3.13. The lowest BCUT2D eigenvalue weighted by Crippen LogP contribution is -2.20. The van der Waals surface area contributed by atoms with E-state index < -0.39 is 6.03 Å². The molecule has 25 heavy (non-hydrogen) atoms. The van der Waals surface area contributed by atoms with Gasteiger partial charge >= 0.3 is 6.03 Å². The number of nitrogens with one attached hydrogen (secondary N) is 2. The number of aryl methyl sites for hydroxylation is 1. The van der Waals surface area contributed by atoms with Crippen LogP contribution in [-0.2, 0) is 0 Å². The number of benzene rings is 1. The van der Waals surface area contributed by atoms with Gasteiger partial charge in [-0.05, 0) is 25.1 Å². The minimum Gasteiger partial charge on any atom is -0.495 e. The van der Waals surface area contributed by atoms with Crippen LogP contribution in [0.4, 0.5) is 16.3 Å². The molecule has 0 saturated heterocycles. The van der Waals surface area contributed by atoms with Crippen molar-refractivity contribution in [3.63, 3.8) is 0 Å². The summed E-state index contributed by atoms with van der Waals surface area (Å²) < 4.78 is 6.98. The zero-order valence-corrected chi connectivity index (χ0v) is 14.3. The summed E-state index contributed by atoms with van der Waals surface area (Å²) in [5, 5.41) is 5.81. The standard InChI is InChI=1S/C16H15ClN6O2/c1-10-18-5-6-23(10)15-8-14(19-9-20-15)22-16(24)21-12-7-11(17)3-4-13(12)25-2/h3-9H,1-2H3,(H2,19,20,21,22,24).